The lowest BCUT2D eigenvalue weighted by Crippen LogP contribution is -2.20. The summed E-state index contributed by atoms with van der Waals surface area (Å²) in [5, 5.41) is 18.4. The molecule has 0 unspecified atom stereocenters. The predicted molar refractivity (Wildman–Crippen MR) is 96.1 cm³/mol. The largest absolute Gasteiger partial charge is 0.491 e. The Hall–Kier alpha value is -1.83. The summed E-state index contributed by atoms with van der Waals surface area (Å²) in [6.45, 7) is 0.198. The molecular weight excluding hydrogens is 392 g/mol. The van der Waals surface area contributed by atoms with E-state index in [1.165, 1.54) is 11.8 Å². The third-order valence-electron chi connectivity index (χ3n) is 3.06. The zero-order chi connectivity index (χ0) is 16.8. The quantitative estimate of drug-likeness (QED) is 0.597. The maximum atomic E-state index is 10.0. The van der Waals surface area contributed by atoms with Crippen LogP contribution in [0.25, 0.3) is 11.5 Å². The van der Waals surface area contributed by atoms with E-state index in [4.69, 9.17) is 9.15 Å². The van der Waals surface area contributed by atoms with E-state index in [1.54, 1.807) is 0 Å². The van der Waals surface area contributed by atoms with Crippen LogP contribution in [0.4, 0.5) is 0 Å². The number of thioether (sulfide) groups is 1. The number of hydrogen-bond acceptors (Lipinski definition) is 6. The number of nitrogens with zero attached hydrogens (tertiary/aromatic N) is 2. The van der Waals surface area contributed by atoms with E-state index >= 15 is 0 Å². The summed E-state index contributed by atoms with van der Waals surface area (Å²) < 4.78 is 12.1. The second kappa shape index (κ2) is 8.32. The van der Waals surface area contributed by atoms with Gasteiger partial charge in [0.2, 0.25) is 5.89 Å². The Morgan fingerprint density at radius 3 is 2.75 bits per heavy atom. The van der Waals surface area contributed by atoms with Gasteiger partial charge in [0.05, 0.1) is 6.10 Å². The van der Waals surface area contributed by atoms with Gasteiger partial charge in [0, 0.05) is 15.8 Å². The SMILES string of the molecule is O[C@@H](COc1cccc(Br)c1)CSc1nnc(-c2ccccc2)o1. The topological polar surface area (TPSA) is 68.4 Å². The van der Waals surface area contributed by atoms with E-state index in [1.807, 2.05) is 54.6 Å². The molecule has 124 valence electrons. The van der Waals surface area contributed by atoms with Gasteiger partial charge in [0.1, 0.15) is 12.4 Å². The molecule has 0 aliphatic rings. The van der Waals surface area contributed by atoms with Crippen LogP contribution in [0.1, 0.15) is 0 Å². The third-order valence-corrected chi connectivity index (χ3v) is 4.52. The fourth-order valence-corrected chi connectivity index (χ4v) is 2.98. The van der Waals surface area contributed by atoms with Crippen molar-refractivity contribution in [1.82, 2.24) is 10.2 Å². The highest BCUT2D eigenvalue weighted by Gasteiger charge is 2.12. The van der Waals surface area contributed by atoms with Crippen LogP contribution in [0.5, 0.6) is 5.75 Å². The maximum absolute atomic E-state index is 10.0. The number of rotatable bonds is 7. The highest BCUT2D eigenvalue weighted by atomic mass is 79.9. The molecule has 1 N–H and O–H groups in total. The van der Waals surface area contributed by atoms with Crippen molar-refractivity contribution in [2.45, 2.75) is 11.3 Å². The first-order valence-corrected chi connectivity index (χ1v) is 9.07. The minimum atomic E-state index is -0.638. The summed E-state index contributed by atoms with van der Waals surface area (Å²) in [5.41, 5.74) is 0.871. The molecule has 0 saturated carbocycles. The molecule has 1 atom stereocenters. The van der Waals surface area contributed by atoms with E-state index in [2.05, 4.69) is 26.1 Å². The third kappa shape index (κ3) is 4.83. The van der Waals surface area contributed by atoms with Crippen molar-refractivity contribution in [3.8, 4) is 17.2 Å². The molecule has 3 aromatic rings. The van der Waals surface area contributed by atoms with Gasteiger partial charge in [-0.2, -0.15) is 0 Å². The molecule has 24 heavy (non-hydrogen) atoms. The molecule has 1 heterocycles. The van der Waals surface area contributed by atoms with E-state index in [9.17, 15) is 5.11 Å². The fraction of sp³-hybridized carbons (Fsp3) is 0.176. The molecule has 5 nitrogen and oxygen atoms in total. The Morgan fingerprint density at radius 2 is 1.96 bits per heavy atom. The molecule has 3 rings (SSSR count). The van der Waals surface area contributed by atoms with Gasteiger partial charge in [-0.1, -0.05) is 52.0 Å². The Kier molecular flexibility index (Phi) is 5.90. The zero-order valence-electron chi connectivity index (χ0n) is 12.6. The Labute approximate surface area is 152 Å². The molecule has 0 aliphatic heterocycles. The second-order valence-electron chi connectivity index (χ2n) is 4.97. The van der Waals surface area contributed by atoms with Crippen molar-refractivity contribution >= 4 is 27.7 Å². The van der Waals surface area contributed by atoms with Gasteiger partial charge in [0.25, 0.3) is 5.22 Å². The van der Waals surface area contributed by atoms with Crippen molar-refractivity contribution < 1.29 is 14.3 Å². The highest BCUT2D eigenvalue weighted by molar-refractivity contribution is 9.10. The second-order valence-corrected chi connectivity index (χ2v) is 6.86. The average molecular weight is 407 g/mol. The number of aliphatic hydroxyl groups excluding tert-OH is 1. The Morgan fingerprint density at radius 1 is 1.12 bits per heavy atom. The van der Waals surface area contributed by atoms with Crippen LogP contribution in [0.3, 0.4) is 0 Å². The van der Waals surface area contributed by atoms with Gasteiger partial charge in [0.15, 0.2) is 0 Å². The van der Waals surface area contributed by atoms with E-state index in [0.717, 1.165) is 10.0 Å². The van der Waals surface area contributed by atoms with Gasteiger partial charge >= 0.3 is 0 Å². The van der Waals surface area contributed by atoms with Crippen LogP contribution < -0.4 is 4.74 Å². The van der Waals surface area contributed by atoms with Gasteiger partial charge in [-0.3, -0.25) is 0 Å². The number of halogens is 1. The summed E-state index contributed by atoms with van der Waals surface area (Å²) >= 11 is 4.68. The molecule has 0 radical (unpaired) electrons. The lowest BCUT2D eigenvalue weighted by molar-refractivity contribution is 0.126. The van der Waals surface area contributed by atoms with Crippen LogP contribution in [0, 0.1) is 0 Å². The summed E-state index contributed by atoms with van der Waals surface area (Å²) in [7, 11) is 0. The predicted octanol–water partition coefficient (Wildman–Crippen LogP) is 4.03. The summed E-state index contributed by atoms with van der Waals surface area (Å²) in [6, 6.07) is 17.1. The fourth-order valence-electron chi connectivity index (χ4n) is 1.93. The molecule has 0 amide bonds. The maximum Gasteiger partial charge on any atom is 0.276 e. The first-order chi connectivity index (χ1) is 11.7. The number of benzene rings is 2. The van der Waals surface area contributed by atoms with Crippen molar-refractivity contribution in [1.29, 1.82) is 0 Å². The summed E-state index contributed by atoms with van der Waals surface area (Å²) in [5.74, 6) is 1.58. The molecular formula is C17H15BrN2O3S. The molecule has 0 bridgehead atoms. The van der Waals surface area contributed by atoms with Gasteiger partial charge in [-0.15, -0.1) is 10.2 Å². The molecule has 0 saturated heterocycles. The van der Waals surface area contributed by atoms with Gasteiger partial charge < -0.3 is 14.3 Å². The van der Waals surface area contributed by atoms with Crippen LogP contribution in [-0.4, -0.2) is 33.8 Å². The van der Waals surface area contributed by atoms with Crippen molar-refractivity contribution in [3.05, 3.63) is 59.1 Å². The molecule has 2 aromatic carbocycles. The highest BCUT2D eigenvalue weighted by Crippen LogP contribution is 2.23. The first-order valence-electron chi connectivity index (χ1n) is 7.29. The lowest BCUT2D eigenvalue weighted by Gasteiger charge is -2.11. The van der Waals surface area contributed by atoms with Gasteiger partial charge in [-0.05, 0) is 30.3 Å². The van der Waals surface area contributed by atoms with Crippen LogP contribution >= 0.6 is 27.7 Å². The van der Waals surface area contributed by atoms with E-state index in [0.29, 0.717) is 22.6 Å². The smallest absolute Gasteiger partial charge is 0.276 e. The summed E-state index contributed by atoms with van der Waals surface area (Å²) in [6.07, 6.45) is -0.638. The first kappa shape index (κ1) is 17.0. The summed E-state index contributed by atoms with van der Waals surface area (Å²) in [4.78, 5) is 0. The standard InChI is InChI=1S/C17H15BrN2O3S/c18-13-7-4-8-15(9-13)22-10-14(21)11-24-17-20-19-16(23-17)12-5-2-1-3-6-12/h1-9,14,21H,10-11H2/t14-/m0/s1. The molecule has 7 heteroatoms. The van der Waals surface area contributed by atoms with Crippen LogP contribution in [0.2, 0.25) is 0 Å². The van der Waals surface area contributed by atoms with Crippen LogP contribution in [-0.2, 0) is 0 Å². The molecule has 0 aliphatic carbocycles. The average Bonchev–Trinajstić information content (AvgIpc) is 3.08. The molecule has 1 aromatic heterocycles. The van der Waals surface area contributed by atoms with Crippen LogP contribution in [0.15, 0.2) is 68.7 Å². The van der Waals surface area contributed by atoms with E-state index < -0.39 is 6.10 Å². The number of aliphatic hydroxyl groups is 1. The van der Waals surface area contributed by atoms with Crippen molar-refractivity contribution in [3.63, 3.8) is 0 Å². The number of aromatic nitrogens is 2. The number of hydrogen-bond donors (Lipinski definition) is 1. The number of ether oxygens (including phenoxy) is 1. The molecule has 0 fully saturated rings. The minimum Gasteiger partial charge on any atom is -0.491 e. The molecule has 0 spiro atoms. The van der Waals surface area contributed by atoms with E-state index in [-0.39, 0.29) is 6.61 Å². The van der Waals surface area contributed by atoms with Gasteiger partial charge in [-0.25, -0.2) is 0 Å². The monoisotopic (exact) mass is 406 g/mol. The van der Waals surface area contributed by atoms with Crippen molar-refractivity contribution in [2.75, 3.05) is 12.4 Å². The zero-order valence-corrected chi connectivity index (χ0v) is 15.0. The minimum absolute atomic E-state index is 0.198. The normalized spacial score (nSPS) is 12.1. The Bertz CT molecular complexity index is 782. The lowest BCUT2D eigenvalue weighted by atomic mass is 10.2. The van der Waals surface area contributed by atoms with Crippen molar-refractivity contribution in [2.24, 2.45) is 0 Å². The Balaban J connectivity index is 1.48.